The zero-order valence-electron chi connectivity index (χ0n) is 17.6. The molecule has 2 N–H and O–H groups in total. The summed E-state index contributed by atoms with van der Waals surface area (Å²) in [6.45, 7) is 10.3. The molecule has 0 bridgehead atoms. The van der Waals surface area contributed by atoms with Crippen LogP contribution in [0.1, 0.15) is 44.7 Å². The number of hydrogen-bond donors (Lipinski definition) is 2. The van der Waals surface area contributed by atoms with E-state index < -0.39 is 0 Å². The molecule has 0 spiro atoms. The Morgan fingerprint density at radius 2 is 1.93 bits per heavy atom. The van der Waals surface area contributed by atoms with Gasteiger partial charge in [0.2, 0.25) is 0 Å². The maximum atomic E-state index is 5.62. The van der Waals surface area contributed by atoms with Crippen molar-refractivity contribution in [1.29, 1.82) is 0 Å². The Morgan fingerprint density at radius 1 is 1.18 bits per heavy atom. The summed E-state index contributed by atoms with van der Waals surface area (Å²) in [5.74, 6) is 1.81. The van der Waals surface area contributed by atoms with Gasteiger partial charge in [-0.05, 0) is 52.3 Å². The second-order valence-electron chi connectivity index (χ2n) is 6.70. The number of ether oxygens (including phenoxy) is 2. The number of para-hydroxylation sites is 1. The number of halogens is 1. The number of aliphatic imine (C=N–C) groups is 1. The molecule has 1 fully saturated rings. The van der Waals surface area contributed by atoms with Crippen LogP contribution in [0.25, 0.3) is 0 Å². The fourth-order valence-corrected chi connectivity index (χ4v) is 3.45. The summed E-state index contributed by atoms with van der Waals surface area (Å²) < 4.78 is 11.0. The topological polar surface area (TPSA) is 58.1 Å². The fraction of sp³-hybridized carbons (Fsp3) is 0.667. The van der Waals surface area contributed by atoms with Crippen LogP contribution in [-0.2, 0) is 4.74 Å². The van der Waals surface area contributed by atoms with E-state index in [9.17, 15) is 0 Å². The van der Waals surface area contributed by atoms with Crippen LogP contribution in [0.3, 0.4) is 0 Å². The molecule has 1 heterocycles. The minimum atomic E-state index is 0. The first-order valence-electron chi connectivity index (χ1n) is 10.3. The Morgan fingerprint density at radius 3 is 2.61 bits per heavy atom. The van der Waals surface area contributed by atoms with E-state index in [4.69, 9.17) is 14.5 Å². The number of rotatable bonds is 11. The summed E-state index contributed by atoms with van der Waals surface area (Å²) in [5.41, 5.74) is 1.22. The van der Waals surface area contributed by atoms with Gasteiger partial charge in [-0.3, -0.25) is 9.89 Å². The number of methoxy groups -OCH3 is 1. The van der Waals surface area contributed by atoms with Crippen LogP contribution >= 0.6 is 24.0 Å². The molecule has 0 aromatic heterocycles. The lowest BCUT2D eigenvalue weighted by atomic mass is 10.0. The Bertz CT molecular complexity index is 565. The van der Waals surface area contributed by atoms with Crippen molar-refractivity contribution in [3.05, 3.63) is 29.8 Å². The smallest absolute Gasteiger partial charge is 0.191 e. The van der Waals surface area contributed by atoms with E-state index in [-0.39, 0.29) is 30.0 Å². The molecule has 1 aromatic rings. The van der Waals surface area contributed by atoms with Crippen molar-refractivity contribution in [3.63, 3.8) is 0 Å². The van der Waals surface area contributed by atoms with Crippen molar-refractivity contribution in [2.45, 2.75) is 39.2 Å². The summed E-state index contributed by atoms with van der Waals surface area (Å²) in [6, 6.07) is 8.56. The Balaban J connectivity index is 0.00000392. The van der Waals surface area contributed by atoms with E-state index in [0.29, 0.717) is 6.54 Å². The minimum Gasteiger partial charge on any atom is -0.496 e. The van der Waals surface area contributed by atoms with Crippen molar-refractivity contribution in [2.24, 2.45) is 4.99 Å². The lowest BCUT2D eigenvalue weighted by molar-refractivity contribution is 0.145. The van der Waals surface area contributed by atoms with Crippen LogP contribution in [0, 0.1) is 0 Å². The van der Waals surface area contributed by atoms with Crippen molar-refractivity contribution in [3.8, 4) is 5.75 Å². The Kier molecular flexibility index (Phi) is 13.3. The molecule has 1 aliphatic rings. The first-order valence-corrected chi connectivity index (χ1v) is 10.3. The van der Waals surface area contributed by atoms with E-state index in [1.807, 2.05) is 19.1 Å². The first kappa shape index (κ1) is 25.0. The average Bonchev–Trinajstić information content (AvgIpc) is 3.22. The van der Waals surface area contributed by atoms with E-state index in [1.165, 1.54) is 18.4 Å². The van der Waals surface area contributed by atoms with Gasteiger partial charge in [-0.25, -0.2) is 0 Å². The van der Waals surface area contributed by atoms with Gasteiger partial charge in [-0.1, -0.05) is 18.2 Å². The molecule has 0 amide bonds. The lowest BCUT2D eigenvalue weighted by Gasteiger charge is -2.28. The summed E-state index contributed by atoms with van der Waals surface area (Å²) in [7, 11) is 1.74. The van der Waals surface area contributed by atoms with Crippen LogP contribution < -0.4 is 15.4 Å². The second-order valence-corrected chi connectivity index (χ2v) is 6.70. The van der Waals surface area contributed by atoms with Gasteiger partial charge in [-0.15, -0.1) is 24.0 Å². The molecule has 28 heavy (non-hydrogen) atoms. The standard InChI is InChI=1S/C21H36N4O2.HI/c1-4-22-21(23-13-10-16-27-5-2)24-17-19(25-14-8-9-15-25)18-11-6-7-12-20(18)26-3;/h6-7,11-12,19H,4-5,8-10,13-17H2,1-3H3,(H2,22,23,24);1H. The molecule has 1 unspecified atom stereocenters. The predicted molar refractivity (Wildman–Crippen MR) is 127 cm³/mol. The maximum Gasteiger partial charge on any atom is 0.191 e. The molecule has 7 heteroatoms. The third-order valence-corrected chi connectivity index (χ3v) is 4.81. The molecule has 1 aliphatic heterocycles. The largest absolute Gasteiger partial charge is 0.496 e. The number of benzene rings is 1. The van der Waals surface area contributed by atoms with Gasteiger partial charge >= 0.3 is 0 Å². The molecular weight excluding hydrogens is 467 g/mol. The van der Waals surface area contributed by atoms with E-state index in [0.717, 1.165) is 57.5 Å². The molecule has 6 nitrogen and oxygen atoms in total. The van der Waals surface area contributed by atoms with Crippen LogP contribution in [0.4, 0.5) is 0 Å². The quantitative estimate of drug-likeness (QED) is 0.209. The summed E-state index contributed by atoms with van der Waals surface area (Å²) >= 11 is 0. The Hall–Kier alpha value is -1.06. The van der Waals surface area contributed by atoms with Gasteiger partial charge in [0.25, 0.3) is 0 Å². The first-order chi connectivity index (χ1) is 13.3. The van der Waals surface area contributed by atoms with Gasteiger partial charge in [-0.2, -0.15) is 0 Å². The fourth-order valence-electron chi connectivity index (χ4n) is 3.45. The highest BCUT2D eigenvalue weighted by Gasteiger charge is 2.25. The molecule has 0 radical (unpaired) electrons. The highest BCUT2D eigenvalue weighted by atomic mass is 127. The van der Waals surface area contributed by atoms with Gasteiger partial charge < -0.3 is 20.1 Å². The molecule has 1 aromatic carbocycles. The van der Waals surface area contributed by atoms with Gasteiger partial charge in [0.1, 0.15) is 5.75 Å². The van der Waals surface area contributed by atoms with Crippen LogP contribution in [0.5, 0.6) is 5.75 Å². The van der Waals surface area contributed by atoms with Crippen molar-refractivity contribution < 1.29 is 9.47 Å². The Labute approximate surface area is 187 Å². The monoisotopic (exact) mass is 504 g/mol. The summed E-state index contributed by atoms with van der Waals surface area (Å²) in [6.07, 6.45) is 3.48. The molecule has 160 valence electrons. The summed E-state index contributed by atoms with van der Waals surface area (Å²) in [5, 5.41) is 6.76. The molecule has 0 saturated carbocycles. The van der Waals surface area contributed by atoms with E-state index in [2.05, 4.69) is 34.6 Å². The zero-order chi connectivity index (χ0) is 19.3. The normalized spacial score (nSPS) is 15.8. The SMILES string of the molecule is CCNC(=NCC(c1ccccc1OC)N1CCCC1)NCCCOCC.I. The zero-order valence-corrected chi connectivity index (χ0v) is 19.9. The predicted octanol–water partition coefficient (Wildman–Crippen LogP) is 3.43. The van der Waals surface area contributed by atoms with Crippen molar-refractivity contribution in [1.82, 2.24) is 15.5 Å². The number of likely N-dealkylation sites (tertiary alicyclic amines) is 1. The van der Waals surface area contributed by atoms with E-state index in [1.54, 1.807) is 7.11 Å². The van der Waals surface area contributed by atoms with Crippen LogP contribution in [-0.4, -0.2) is 63.9 Å². The van der Waals surface area contributed by atoms with Crippen molar-refractivity contribution >= 4 is 29.9 Å². The van der Waals surface area contributed by atoms with Gasteiger partial charge in [0, 0.05) is 31.9 Å². The number of nitrogens with one attached hydrogen (secondary N) is 2. The van der Waals surface area contributed by atoms with E-state index >= 15 is 0 Å². The molecule has 0 aliphatic carbocycles. The van der Waals surface area contributed by atoms with Crippen LogP contribution in [0.2, 0.25) is 0 Å². The summed E-state index contributed by atoms with van der Waals surface area (Å²) in [4.78, 5) is 7.41. The molecule has 1 saturated heterocycles. The second kappa shape index (κ2) is 14.9. The minimum absolute atomic E-state index is 0. The van der Waals surface area contributed by atoms with Gasteiger partial charge in [0.05, 0.1) is 19.7 Å². The number of guanidine groups is 1. The third-order valence-electron chi connectivity index (χ3n) is 4.81. The molecular formula is C21H37IN4O2. The molecule has 2 rings (SSSR count). The molecule has 1 atom stereocenters. The maximum absolute atomic E-state index is 5.62. The average molecular weight is 504 g/mol. The van der Waals surface area contributed by atoms with Crippen molar-refractivity contribution in [2.75, 3.05) is 53.0 Å². The third kappa shape index (κ3) is 8.13. The number of nitrogens with zero attached hydrogens (tertiary/aromatic N) is 2. The highest BCUT2D eigenvalue weighted by molar-refractivity contribution is 14.0. The van der Waals surface area contributed by atoms with Gasteiger partial charge in [0.15, 0.2) is 5.96 Å². The lowest BCUT2D eigenvalue weighted by Crippen LogP contribution is -2.39. The number of hydrogen-bond acceptors (Lipinski definition) is 4. The van der Waals surface area contributed by atoms with Crippen LogP contribution in [0.15, 0.2) is 29.3 Å². The highest BCUT2D eigenvalue weighted by Crippen LogP contribution is 2.31.